The molecule has 2 unspecified atom stereocenters. The predicted molar refractivity (Wildman–Crippen MR) is 364 cm³/mol. The second-order valence-corrected chi connectivity index (χ2v) is 25.2. The van der Waals surface area contributed by atoms with Crippen LogP contribution in [0.15, 0.2) is 279 Å². The lowest BCUT2D eigenvalue weighted by Crippen LogP contribution is -2.23. The van der Waals surface area contributed by atoms with Crippen LogP contribution in [-0.4, -0.2) is 0 Å². The van der Waals surface area contributed by atoms with Crippen LogP contribution in [0.2, 0.25) is 0 Å². The summed E-state index contributed by atoms with van der Waals surface area (Å²) >= 11 is 3.95. The zero-order chi connectivity index (χ0) is 55.0. The first-order chi connectivity index (χ1) is 41.7. The van der Waals surface area contributed by atoms with E-state index in [2.05, 4.69) is 279 Å². The van der Waals surface area contributed by atoms with Crippen molar-refractivity contribution in [1.29, 1.82) is 0 Å². The molecule has 18 rings (SSSR count). The van der Waals surface area contributed by atoms with Gasteiger partial charge in [-0.3, -0.25) is 0 Å². The maximum Gasteiger partial charge on any atom is 0.0540 e. The van der Waals surface area contributed by atoms with Gasteiger partial charge in [0.2, 0.25) is 0 Å². The standard InChI is InChI=1S/C82H52S2/c1-3-25-53-49(21-1)23-19-41-55(53)57-27-5-7-29-59(57)77-65-35-13-9-31-61(65)75(62-32-10-14-36-66(62)77)51-43-45-71-73(47-51)83-81-79(71)69-39-17-18-40-70(69)80-72-46-44-52(48-74(72)84-82(80)81)76-63-33-11-15-37-67(63)78(68-38-16-12-34-64(68)76)60-30-8-6-28-58(60)56-42-20-24-50-22-2-4-26-54(50)56/h1-15,17-37,39-48,65,77H,16,38H2. The van der Waals surface area contributed by atoms with Crippen molar-refractivity contribution in [2.24, 2.45) is 5.92 Å². The molecule has 0 spiro atoms. The Hall–Kier alpha value is -9.70. The highest BCUT2D eigenvalue weighted by Gasteiger charge is 2.37. The van der Waals surface area contributed by atoms with Gasteiger partial charge in [0, 0.05) is 42.8 Å². The van der Waals surface area contributed by atoms with Crippen molar-refractivity contribution in [2.45, 2.75) is 18.8 Å². The molecule has 84 heavy (non-hydrogen) atoms. The molecule has 15 aromatic rings. The van der Waals surface area contributed by atoms with E-state index in [-0.39, 0.29) is 11.8 Å². The number of benzene rings is 13. The van der Waals surface area contributed by atoms with Crippen molar-refractivity contribution in [2.75, 3.05) is 0 Å². The molecule has 0 amide bonds. The summed E-state index contributed by atoms with van der Waals surface area (Å²) < 4.78 is 5.41. The lowest BCUT2D eigenvalue weighted by Gasteiger charge is -2.37. The fourth-order valence-electron chi connectivity index (χ4n) is 15.3. The fraction of sp³-hybridized carbons (Fsp3) is 0.0488. The van der Waals surface area contributed by atoms with E-state index < -0.39 is 0 Å². The van der Waals surface area contributed by atoms with Gasteiger partial charge in [-0.15, -0.1) is 22.7 Å². The van der Waals surface area contributed by atoms with Crippen molar-refractivity contribution in [3.63, 3.8) is 0 Å². The normalized spacial score (nSPS) is 15.6. The van der Waals surface area contributed by atoms with Gasteiger partial charge in [-0.2, -0.15) is 0 Å². The molecule has 2 heterocycles. The summed E-state index contributed by atoms with van der Waals surface area (Å²) in [5.41, 5.74) is 21.3. The molecule has 0 saturated heterocycles. The zero-order valence-electron chi connectivity index (χ0n) is 45.9. The van der Waals surface area contributed by atoms with Gasteiger partial charge in [-0.1, -0.05) is 267 Å². The van der Waals surface area contributed by atoms with Crippen molar-refractivity contribution in [1.82, 2.24) is 0 Å². The number of hydrogen-bond donors (Lipinski definition) is 0. The summed E-state index contributed by atoms with van der Waals surface area (Å²) in [5.74, 6) is 0.303. The predicted octanol–water partition coefficient (Wildman–Crippen LogP) is 23.4. The first kappa shape index (κ1) is 47.9. The maximum absolute atomic E-state index is 2.52. The third-order valence-corrected chi connectivity index (χ3v) is 21.2. The first-order valence-electron chi connectivity index (χ1n) is 29.5. The van der Waals surface area contributed by atoms with Gasteiger partial charge in [-0.25, -0.2) is 0 Å². The van der Waals surface area contributed by atoms with E-state index in [0.717, 1.165) is 12.8 Å². The van der Waals surface area contributed by atoms with Gasteiger partial charge in [-0.05, 0) is 157 Å². The second kappa shape index (κ2) is 18.9. The molecule has 3 aliphatic carbocycles. The quantitative estimate of drug-likeness (QED) is 0.156. The molecule has 2 aromatic heterocycles. The highest BCUT2D eigenvalue weighted by molar-refractivity contribution is 7.33. The van der Waals surface area contributed by atoms with Crippen LogP contribution in [0.3, 0.4) is 0 Å². The summed E-state index contributed by atoms with van der Waals surface area (Å²) in [6.45, 7) is 0. The van der Waals surface area contributed by atoms with Gasteiger partial charge in [0.15, 0.2) is 0 Å². The Balaban J connectivity index is 0.798. The monoisotopic (exact) mass is 1100 g/mol. The molecule has 2 heteroatoms. The molecule has 2 atom stereocenters. The lowest BCUT2D eigenvalue weighted by atomic mass is 9.65. The van der Waals surface area contributed by atoms with E-state index in [1.807, 2.05) is 22.7 Å². The molecule has 13 aromatic carbocycles. The number of allylic oxidation sites excluding steroid dienone is 6. The van der Waals surface area contributed by atoms with Crippen LogP contribution in [0.1, 0.15) is 45.7 Å². The molecule has 0 nitrogen and oxygen atoms in total. The van der Waals surface area contributed by atoms with Crippen LogP contribution in [0.4, 0.5) is 0 Å². The van der Waals surface area contributed by atoms with Gasteiger partial charge in [0.25, 0.3) is 0 Å². The molecule has 0 fully saturated rings. The van der Waals surface area contributed by atoms with E-state index in [4.69, 9.17) is 0 Å². The van der Waals surface area contributed by atoms with Crippen LogP contribution in [-0.2, 0) is 6.42 Å². The summed E-state index contributed by atoms with van der Waals surface area (Å²) in [7, 11) is 0. The van der Waals surface area contributed by atoms with Crippen LogP contribution in [0.25, 0.3) is 140 Å². The number of rotatable bonds is 6. The molecule has 0 bridgehead atoms. The molecule has 0 saturated carbocycles. The zero-order valence-corrected chi connectivity index (χ0v) is 47.6. The SMILES string of the molecule is C1=CC2=C(c3ccc4c(c3)sc3c5sc6cc(-c7c8c(c(-c9ccccc9-c9cccc%10ccccc9%10)c9ccccc79)CCC=C8)ccc6c5c5ccccc5c43)c3ccccc3C(c3ccccc3-c3cccc4ccccc34)C2C=C1. The molecule has 0 aliphatic heterocycles. The average Bonchev–Trinajstić information content (AvgIpc) is 3.42. The summed E-state index contributed by atoms with van der Waals surface area (Å²) in [6.07, 6.45) is 16.2. The van der Waals surface area contributed by atoms with E-state index >= 15 is 0 Å². The second-order valence-electron chi connectivity index (χ2n) is 23.1. The van der Waals surface area contributed by atoms with Crippen LogP contribution in [0.5, 0.6) is 0 Å². The fourth-order valence-corrected chi connectivity index (χ4v) is 17.9. The van der Waals surface area contributed by atoms with Crippen molar-refractivity contribution in [3.8, 4) is 44.5 Å². The Morgan fingerprint density at radius 2 is 0.857 bits per heavy atom. The van der Waals surface area contributed by atoms with Crippen molar-refractivity contribution in [3.05, 3.63) is 312 Å². The number of thiophene rings is 2. The first-order valence-corrected chi connectivity index (χ1v) is 31.2. The molecule has 3 aliphatic rings. The van der Waals surface area contributed by atoms with Crippen LogP contribution >= 0.6 is 22.7 Å². The molecule has 392 valence electrons. The van der Waals surface area contributed by atoms with E-state index in [1.165, 1.54) is 172 Å². The number of fused-ring (bicyclic) bond motifs is 16. The van der Waals surface area contributed by atoms with Gasteiger partial charge in [0.1, 0.15) is 0 Å². The highest BCUT2D eigenvalue weighted by Crippen LogP contribution is 2.55. The summed E-state index contributed by atoms with van der Waals surface area (Å²) in [4.78, 5) is 0. The minimum Gasteiger partial charge on any atom is -0.134 e. The van der Waals surface area contributed by atoms with Gasteiger partial charge in [0.05, 0.1) is 9.40 Å². The molecule has 0 N–H and O–H groups in total. The lowest BCUT2D eigenvalue weighted by molar-refractivity contribution is 0.650. The minimum absolute atomic E-state index is 0.140. The molecule has 0 radical (unpaired) electrons. The van der Waals surface area contributed by atoms with Crippen LogP contribution < -0.4 is 0 Å². The van der Waals surface area contributed by atoms with Crippen LogP contribution in [0, 0.1) is 5.92 Å². The largest absolute Gasteiger partial charge is 0.134 e. The Bertz CT molecular complexity index is 5450. The molecular weight excluding hydrogens is 1050 g/mol. The minimum atomic E-state index is 0.140. The molecular formula is C82H52S2. The Kier molecular flexibility index (Phi) is 10.8. The smallest absolute Gasteiger partial charge is 0.0540 e. The average molecular weight is 1100 g/mol. The summed E-state index contributed by atoms with van der Waals surface area (Å²) in [5, 5.41) is 15.7. The third kappa shape index (κ3) is 7.11. The van der Waals surface area contributed by atoms with E-state index in [1.54, 1.807) is 0 Å². The highest BCUT2D eigenvalue weighted by atomic mass is 32.1. The van der Waals surface area contributed by atoms with Crippen molar-refractivity contribution >= 4 is 118 Å². The topological polar surface area (TPSA) is 0 Å². The maximum atomic E-state index is 2.52. The van der Waals surface area contributed by atoms with E-state index in [9.17, 15) is 0 Å². The van der Waals surface area contributed by atoms with Gasteiger partial charge >= 0.3 is 0 Å². The Morgan fingerprint density at radius 3 is 1.54 bits per heavy atom. The summed E-state index contributed by atoms with van der Waals surface area (Å²) in [6, 6.07) is 91.8. The Labute approximate surface area is 495 Å². The van der Waals surface area contributed by atoms with E-state index in [0.29, 0.717) is 0 Å². The Morgan fingerprint density at radius 1 is 0.357 bits per heavy atom. The number of hydrogen-bond acceptors (Lipinski definition) is 2. The third-order valence-electron chi connectivity index (χ3n) is 18.8. The van der Waals surface area contributed by atoms with Gasteiger partial charge < -0.3 is 0 Å². The van der Waals surface area contributed by atoms with Crippen molar-refractivity contribution < 1.29 is 0 Å².